The molecule has 1 heterocycles. The molecule has 10 heteroatoms. The van der Waals surface area contributed by atoms with E-state index in [2.05, 4.69) is 5.32 Å². The number of hydrogen-bond donors (Lipinski definition) is 2. The average molecular weight is 466 g/mol. The van der Waals surface area contributed by atoms with Crippen LogP contribution in [0.3, 0.4) is 0 Å². The quantitative estimate of drug-likeness (QED) is 0.465. The van der Waals surface area contributed by atoms with Crippen molar-refractivity contribution >= 4 is 41.1 Å². The van der Waals surface area contributed by atoms with Gasteiger partial charge in [0.05, 0.1) is 28.7 Å². The number of carbonyl (C=O) groups is 3. The van der Waals surface area contributed by atoms with Crippen LogP contribution >= 0.6 is 23.2 Å². The molecule has 0 aromatic heterocycles. The van der Waals surface area contributed by atoms with Gasteiger partial charge in [0.25, 0.3) is 0 Å². The van der Waals surface area contributed by atoms with E-state index in [1.807, 2.05) is 6.92 Å². The summed E-state index contributed by atoms with van der Waals surface area (Å²) in [5, 5.41) is 22.9. The molecule has 0 amide bonds. The Morgan fingerprint density at radius 1 is 1.17 bits per heavy atom. The summed E-state index contributed by atoms with van der Waals surface area (Å²) in [6, 6.07) is 4.84. The standard InChI is InChI=1S/C16H15Cl2NO4.C4H8O2.Na/c1-7-11(15(20)21)13(9-5-4-6-10(17)14(9)18)12(8(2)19-7)16(22)23-3;1-2-3-4(5)6;/h4-6,13,19H,1-3H3,(H,20,21);2-3H2,1H3,(H,5,6);/q;;+1/p-1. The molecule has 1 atom stereocenters. The van der Waals surface area contributed by atoms with Gasteiger partial charge in [-0.1, -0.05) is 42.3 Å². The maximum atomic E-state index is 12.2. The topological polar surface area (TPSA) is 116 Å². The molecule has 1 aliphatic rings. The minimum Gasteiger partial charge on any atom is -0.545 e. The zero-order chi connectivity index (χ0) is 22.3. The molecular formula is C20H22Cl2NNaO6. The van der Waals surface area contributed by atoms with E-state index in [4.69, 9.17) is 33.0 Å². The predicted octanol–water partition coefficient (Wildman–Crippen LogP) is 0.0262. The Kier molecular flexibility index (Phi) is 12.4. The fraction of sp³-hybridized carbons (Fsp3) is 0.350. The number of methoxy groups -OCH3 is 1. The Hall–Kier alpha value is -1.51. The van der Waals surface area contributed by atoms with Crippen molar-refractivity contribution in [1.29, 1.82) is 0 Å². The molecule has 2 N–H and O–H groups in total. The minimum absolute atomic E-state index is 0. The van der Waals surface area contributed by atoms with Crippen LogP contribution in [0.1, 0.15) is 45.1 Å². The summed E-state index contributed by atoms with van der Waals surface area (Å²) in [5.74, 6) is -3.69. The molecule has 1 aromatic rings. The molecule has 7 nitrogen and oxygen atoms in total. The van der Waals surface area contributed by atoms with Gasteiger partial charge in [0.15, 0.2) is 0 Å². The number of ether oxygens (including phenoxy) is 1. The van der Waals surface area contributed by atoms with Gasteiger partial charge < -0.3 is 25.1 Å². The second-order valence-electron chi connectivity index (χ2n) is 6.20. The van der Waals surface area contributed by atoms with E-state index in [1.54, 1.807) is 32.0 Å². The van der Waals surface area contributed by atoms with Crippen molar-refractivity contribution in [3.63, 3.8) is 0 Å². The molecule has 0 aliphatic carbocycles. The average Bonchev–Trinajstić information content (AvgIpc) is 2.63. The number of hydrogen-bond acceptors (Lipinski definition) is 6. The van der Waals surface area contributed by atoms with E-state index in [9.17, 15) is 19.5 Å². The molecule has 0 radical (unpaired) electrons. The minimum atomic E-state index is -1.40. The van der Waals surface area contributed by atoms with Crippen molar-refractivity contribution in [2.24, 2.45) is 0 Å². The SMILES string of the molecule is CCCC(=O)O.COC(=O)C1=C(C)NC(C)=C(C(=O)[O-])C1c1cccc(Cl)c1Cl.[Na+]. The van der Waals surface area contributed by atoms with Crippen molar-refractivity contribution in [2.45, 2.75) is 39.5 Å². The number of carboxylic acid groups (broad SMARTS) is 2. The van der Waals surface area contributed by atoms with Gasteiger partial charge in [-0.05, 0) is 31.9 Å². The fourth-order valence-electron chi connectivity index (χ4n) is 2.91. The second kappa shape index (κ2) is 13.0. The first-order chi connectivity index (χ1) is 13.6. The Labute approximate surface area is 207 Å². The van der Waals surface area contributed by atoms with E-state index in [0.29, 0.717) is 23.4 Å². The predicted molar refractivity (Wildman–Crippen MR) is 107 cm³/mol. The van der Waals surface area contributed by atoms with Crippen LogP contribution in [0.4, 0.5) is 0 Å². The number of rotatable bonds is 5. The molecule has 0 saturated heterocycles. The number of esters is 1. The van der Waals surface area contributed by atoms with Crippen LogP contribution < -0.4 is 40.0 Å². The first kappa shape index (κ1) is 28.5. The summed E-state index contributed by atoms with van der Waals surface area (Å²) in [7, 11) is 1.23. The zero-order valence-electron chi connectivity index (χ0n) is 17.5. The normalized spacial score (nSPS) is 15.3. The molecule has 1 aromatic carbocycles. The van der Waals surface area contributed by atoms with Crippen molar-refractivity contribution in [2.75, 3.05) is 7.11 Å². The molecule has 0 spiro atoms. The third kappa shape index (κ3) is 7.03. The number of allylic oxidation sites excluding steroid dienone is 2. The summed E-state index contributed by atoms with van der Waals surface area (Å²) in [6.07, 6.45) is 1.02. The largest absolute Gasteiger partial charge is 1.00 e. The monoisotopic (exact) mass is 465 g/mol. The summed E-state index contributed by atoms with van der Waals surface area (Å²) in [6.45, 7) is 5.09. The van der Waals surface area contributed by atoms with Crippen LogP contribution in [0, 0.1) is 0 Å². The Bertz CT molecular complexity index is 882. The maximum Gasteiger partial charge on any atom is 1.00 e. The van der Waals surface area contributed by atoms with E-state index in [1.165, 1.54) is 7.11 Å². The number of aliphatic carboxylic acids is 2. The van der Waals surface area contributed by atoms with Gasteiger partial charge in [-0.25, -0.2) is 4.79 Å². The smallest absolute Gasteiger partial charge is 0.545 e. The number of carbonyl (C=O) groups excluding carboxylic acids is 2. The zero-order valence-corrected chi connectivity index (χ0v) is 21.0. The third-order valence-corrected chi connectivity index (χ3v) is 4.98. The maximum absolute atomic E-state index is 12.2. The summed E-state index contributed by atoms with van der Waals surface area (Å²) >= 11 is 12.3. The number of benzene rings is 1. The van der Waals surface area contributed by atoms with E-state index >= 15 is 0 Å². The summed E-state index contributed by atoms with van der Waals surface area (Å²) < 4.78 is 4.80. The molecule has 0 saturated carbocycles. The molecule has 0 fully saturated rings. The Balaban J connectivity index is 0.00000105. The third-order valence-electron chi connectivity index (χ3n) is 4.14. The molecular weight excluding hydrogens is 444 g/mol. The van der Waals surface area contributed by atoms with Crippen LogP contribution in [0.2, 0.25) is 10.0 Å². The Morgan fingerprint density at radius 3 is 2.17 bits per heavy atom. The molecule has 30 heavy (non-hydrogen) atoms. The van der Waals surface area contributed by atoms with Gasteiger partial charge in [0.2, 0.25) is 0 Å². The van der Waals surface area contributed by atoms with Crippen molar-refractivity contribution < 1.29 is 58.9 Å². The van der Waals surface area contributed by atoms with Gasteiger partial charge in [0, 0.05) is 29.3 Å². The number of dihydropyridines is 1. The van der Waals surface area contributed by atoms with Crippen LogP contribution in [-0.4, -0.2) is 30.1 Å². The molecule has 1 unspecified atom stereocenters. The van der Waals surface area contributed by atoms with Crippen LogP contribution in [0.15, 0.2) is 40.7 Å². The molecule has 0 bridgehead atoms. The van der Waals surface area contributed by atoms with Gasteiger partial charge >= 0.3 is 41.5 Å². The van der Waals surface area contributed by atoms with E-state index in [0.717, 1.165) is 6.42 Å². The second-order valence-corrected chi connectivity index (χ2v) is 6.99. The first-order valence-corrected chi connectivity index (χ1v) is 9.46. The first-order valence-electron chi connectivity index (χ1n) is 8.70. The molecule has 158 valence electrons. The van der Waals surface area contributed by atoms with Crippen LogP contribution in [0.5, 0.6) is 0 Å². The number of carboxylic acids is 2. The fourth-order valence-corrected chi connectivity index (χ4v) is 3.33. The van der Waals surface area contributed by atoms with Gasteiger partial charge in [-0.3, -0.25) is 4.79 Å². The van der Waals surface area contributed by atoms with Crippen molar-refractivity contribution in [1.82, 2.24) is 5.32 Å². The van der Waals surface area contributed by atoms with Gasteiger partial charge in [-0.2, -0.15) is 0 Å². The summed E-state index contributed by atoms with van der Waals surface area (Å²) in [5.41, 5.74) is 1.33. The van der Waals surface area contributed by atoms with Crippen molar-refractivity contribution in [3.05, 3.63) is 56.3 Å². The number of halogens is 2. The number of nitrogens with one attached hydrogen (secondary N) is 1. The van der Waals surface area contributed by atoms with E-state index in [-0.39, 0.29) is 50.7 Å². The molecule has 1 aliphatic heterocycles. The van der Waals surface area contributed by atoms with Crippen LogP contribution in [-0.2, 0) is 19.1 Å². The van der Waals surface area contributed by atoms with E-state index < -0.39 is 23.8 Å². The molecule has 2 rings (SSSR count). The van der Waals surface area contributed by atoms with Crippen LogP contribution in [0.25, 0.3) is 0 Å². The summed E-state index contributed by atoms with van der Waals surface area (Å²) in [4.78, 5) is 33.4. The Morgan fingerprint density at radius 2 is 1.73 bits per heavy atom. The van der Waals surface area contributed by atoms with Crippen molar-refractivity contribution in [3.8, 4) is 0 Å². The van der Waals surface area contributed by atoms with Gasteiger partial charge in [-0.15, -0.1) is 0 Å². The van der Waals surface area contributed by atoms with Gasteiger partial charge in [0.1, 0.15) is 0 Å².